The second-order valence-electron chi connectivity index (χ2n) is 3.98. The molecule has 0 N–H and O–H groups in total. The van der Waals surface area contributed by atoms with Gasteiger partial charge >= 0.3 is 5.92 Å². The molecular formula is C14H12ClF2NO. The lowest BCUT2D eigenvalue weighted by Gasteiger charge is -2.17. The minimum atomic E-state index is -3.04. The summed E-state index contributed by atoms with van der Waals surface area (Å²) in [5, 5.41) is 0. The van der Waals surface area contributed by atoms with Crippen molar-refractivity contribution in [1.29, 1.82) is 0 Å². The molecule has 0 spiro atoms. The van der Waals surface area contributed by atoms with E-state index in [9.17, 15) is 8.78 Å². The standard InChI is InChI=1S/C14H12ClF2NO/c15-8-12-6-7-13(9-18-12)19-10-14(16,17)11-4-2-1-3-5-11/h1-7,9H,8,10H2. The minimum Gasteiger partial charge on any atom is -0.485 e. The first-order chi connectivity index (χ1) is 9.12. The van der Waals surface area contributed by atoms with Crippen LogP contribution < -0.4 is 4.74 Å². The summed E-state index contributed by atoms with van der Waals surface area (Å²) in [7, 11) is 0. The molecule has 1 heterocycles. The molecule has 0 aliphatic rings. The normalized spacial score (nSPS) is 11.3. The zero-order chi connectivity index (χ0) is 13.7. The third-order valence-electron chi connectivity index (χ3n) is 2.55. The summed E-state index contributed by atoms with van der Waals surface area (Å²) in [6.07, 6.45) is 1.39. The van der Waals surface area contributed by atoms with Crippen molar-refractivity contribution in [2.45, 2.75) is 11.8 Å². The van der Waals surface area contributed by atoms with Crippen LogP contribution in [0.4, 0.5) is 8.78 Å². The quantitative estimate of drug-likeness (QED) is 0.774. The maximum atomic E-state index is 13.8. The van der Waals surface area contributed by atoms with Gasteiger partial charge in [0.05, 0.1) is 17.8 Å². The Labute approximate surface area is 115 Å². The van der Waals surface area contributed by atoms with Crippen molar-refractivity contribution in [2.24, 2.45) is 0 Å². The van der Waals surface area contributed by atoms with E-state index >= 15 is 0 Å². The number of halogens is 3. The third-order valence-corrected chi connectivity index (χ3v) is 2.82. The first-order valence-corrected chi connectivity index (χ1v) is 6.22. The van der Waals surface area contributed by atoms with Crippen LogP contribution in [0.15, 0.2) is 48.7 Å². The van der Waals surface area contributed by atoms with Crippen LogP contribution in [-0.4, -0.2) is 11.6 Å². The molecule has 0 amide bonds. The molecule has 0 aliphatic heterocycles. The first-order valence-electron chi connectivity index (χ1n) is 5.69. The number of aromatic nitrogens is 1. The number of ether oxygens (including phenoxy) is 1. The molecule has 100 valence electrons. The summed E-state index contributed by atoms with van der Waals surface area (Å²) in [5.41, 5.74) is 0.601. The van der Waals surface area contributed by atoms with Gasteiger partial charge in [0.2, 0.25) is 0 Å². The van der Waals surface area contributed by atoms with E-state index in [-0.39, 0.29) is 11.4 Å². The van der Waals surface area contributed by atoms with Crippen molar-refractivity contribution in [3.63, 3.8) is 0 Å². The lowest BCUT2D eigenvalue weighted by atomic mass is 10.1. The summed E-state index contributed by atoms with van der Waals surface area (Å²) >= 11 is 5.59. The summed E-state index contributed by atoms with van der Waals surface area (Å²) in [5.74, 6) is -2.46. The molecule has 0 saturated carbocycles. The monoisotopic (exact) mass is 283 g/mol. The number of hydrogen-bond donors (Lipinski definition) is 0. The molecule has 0 fully saturated rings. The summed E-state index contributed by atoms with van der Waals surface area (Å²) < 4.78 is 32.7. The number of pyridine rings is 1. The largest absolute Gasteiger partial charge is 0.485 e. The van der Waals surface area contributed by atoms with Crippen molar-refractivity contribution in [3.8, 4) is 5.75 Å². The van der Waals surface area contributed by atoms with E-state index in [2.05, 4.69) is 4.98 Å². The van der Waals surface area contributed by atoms with E-state index in [1.165, 1.54) is 18.3 Å². The van der Waals surface area contributed by atoms with Gasteiger partial charge in [-0.15, -0.1) is 11.6 Å². The lowest BCUT2D eigenvalue weighted by Crippen LogP contribution is -2.23. The van der Waals surface area contributed by atoms with E-state index < -0.39 is 12.5 Å². The van der Waals surface area contributed by atoms with Gasteiger partial charge in [-0.2, -0.15) is 8.78 Å². The van der Waals surface area contributed by atoms with Gasteiger partial charge in [-0.1, -0.05) is 30.3 Å². The van der Waals surface area contributed by atoms with Crippen molar-refractivity contribution < 1.29 is 13.5 Å². The van der Waals surface area contributed by atoms with Crippen LogP contribution >= 0.6 is 11.6 Å². The van der Waals surface area contributed by atoms with Crippen molar-refractivity contribution in [1.82, 2.24) is 4.98 Å². The molecule has 0 unspecified atom stereocenters. The molecule has 0 aliphatic carbocycles. The Hall–Kier alpha value is -1.68. The van der Waals surface area contributed by atoms with Crippen LogP contribution in [0.25, 0.3) is 0 Å². The van der Waals surface area contributed by atoms with Gasteiger partial charge in [0.25, 0.3) is 0 Å². The van der Waals surface area contributed by atoms with Gasteiger partial charge in [-0.3, -0.25) is 4.98 Å². The first kappa shape index (κ1) is 13.7. The number of hydrogen-bond acceptors (Lipinski definition) is 2. The maximum absolute atomic E-state index is 13.8. The Morgan fingerprint density at radius 2 is 1.84 bits per heavy atom. The van der Waals surface area contributed by atoms with Gasteiger partial charge in [-0.05, 0) is 12.1 Å². The van der Waals surface area contributed by atoms with Crippen LogP contribution in [0.3, 0.4) is 0 Å². The van der Waals surface area contributed by atoms with Crippen LogP contribution in [0.1, 0.15) is 11.3 Å². The molecule has 5 heteroatoms. The molecule has 0 saturated heterocycles. The van der Waals surface area contributed by atoms with E-state index in [0.717, 1.165) is 0 Å². The minimum absolute atomic E-state index is 0.0691. The Kier molecular flexibility index (Phi) is 4.32. The fourth-order valence-electron chi connectivity index (χ4n) is 1.51. The highest BCUT2D eigenvalue weighted by Gasteiger charge is 2.32. The van der Waals surface area contributed by atoms with Gasteiger partial charge in [-0.25, -0.2) is 0 Å². The Balaban J connectivity index is 2.01. The Bertz CT molecular complexity index is 517. The fraction of sp³-hybridized carbons (Fsp3) is 0.214. The third kappa shape index (κ3) is 3.64. The highest BCUT2D eigenvalue weighted by atomic mass is 35.5. The number of alkyl halides is 3. The molecule has 0 radical (unpaired) electrons. The second-order valence-corrected chi connectivity index (χ2v) is 4.25. The topological polar surface area (TPSA) is 22.1 Å². The van der Waals surface area contributed by atoms with Gasteiger partial charge in [0.15, 0.2) is 6.61 Å². The van der Waals surface area contributed by atoms with Gasteiger partial charge in [0.1, 0.15) is 5.75 Å². The smallest absolute Gasteiger partial charge is 0.306 e. The SMILES string of the molecule is FC(F)(COc1ccc(CCl)nc1)c1ccccc1. The molecule has 19 heavy (non-hydrogen) atoms. The second kappa shape index (κ2) is 5.97. The van der Waals surface area contributed by atoms with Crippen molar-refractivity contribution in [2.75, 3.05) is 6.61 Å². The summed E-state index contributed by atoms with van der Waals surface area (Å²) in [6.45, 7) is -0.723. The number of nitrogens with zero attached hydrogens (tertiary/aromatic N) is 1. The molecule has 1 aromatic carbocycles. The number of rotatable bonds is 5. The molecule has 0 atom stereocenters. The van der Waals surface area contributed by atoms with E-state index in [1.54, 1.807) is 30.3 Å². The molecule has 0 bridgehead atoms. The molecule has 2 rings (SSSR count). The highest BCUT2D eigenvalue weighted by molar-refractivity contribution is 6.16. The lowest BCUT2D eigenvalue weighted by molar-refractivity contribution is -0.0468. The van der Waals surface area contributed by atoms with Crippen molar-refractivity contribution >= 4 is 11.6 Å². The average molecular weight is 284 g/mol. The molecule has 1 aromatic heterocycles. The summed E-state index contributed by atoms with van der Waals surface area (Å²) in [4.78, 5) is 3.97. The van der Waals surface area contributed by atoms with Crippen molar-refractivity contribution in [3.05, 3.63) is 59.9 Å². The Morgan fingerprint density at radius 3 is 2.42 bits per heavy atom. The average Bonchev–Trinajstić information content (AvgIpc) is 2.47. The predicted molar refractivity (Wildman–Crippen MR) is 69.6 cm³/mol. The summed E-state index contributed by atoms with van der Waals surface area (Å²) in [6, 6.07) is 10.8. The molecule has 2 nitrogen and oxygen atoms in total. The van der Waals surface area contributed by atoms with E-state index in [4.69, 9.17) is 16.3 Å². The number of benzene rings is 1. The van der Waals surface area contributed by atoms with Crippen LogP contribution in [0, 0.1) is 0 Å². The van der Waals surface area contributed by atoms with E-state index in [1.807, 2.05) is 0 Å². The Morgan fingerprint density at radius 1 is 1.11 bits per heavy atom. The molecular weight excluding hydrogens is 272 g/mol. The zero-order valence-electron chi connectivity index (χ0n) is 10.0. The van der Waals surface area contributed by atoms with Crippen LogP contribution in [0.2, 0.25) is 0 Å². The van der Waals surface area contributed by atoms with Crippen LogP contribution in [-0.2, 0) is 11.8 Å². The van der Waals surface area contributed by atoms with Crippen LogP contribution in [0.5, 0.6) is 5.75 Å². The zero-order valence-corrected chi connectivity index (χ0v) is 10.8. The van der Waals surface area contributed by atoms with Gasteiger partial charge in [0, 0.05) is 5.56 Å². The molecule has 2 aromatic rings. The maximum Gasteiger partial charge on any atom is 0.306 e. The highest BCUT2D eigenvalue weighted by Crippen LogP contribution is 2.28. The van der Waals surface area contributed by atoms with Gasteiger partial charge < -0.3 is 4.74 Å². The predicted octanol–water partition coefficient (Wildman–Crippen LogP) is 3.99. The fourth-order valence-corrected chi connectivity index (χ4v) is 1.67. The van der Waals surface area contributed by atoms with E-state index in [0.29, 0.717) is 11.4 Å².